The van der Waals surface area contributed by atoms with E-state index in [1.165, 1.54) is 48.7 Å². The van der Waals surface area contributed by atoms with Crippen LogP contribution in [0.5, 0.6) is 0 Å². The molecule has 0 radical (unpaired) electrons. The van der Waals surface area contributed by atoms with Gasteiger partial charge in [0.2, 0.25) is 11.9 Å². The maximum absolute atomic E-state index is 13.5. The molecule has 164 valence electrons. The number of furan rings is 1. The molecule has 2 heterocycles. The van der Waals surface area contributed by atoms with Crippen LogP contribution in [-0.4, -0.2) is 24.3 Å². The number of carbonyl (C=O) groups excluding carboxylic acids is 1. The van der Waals surface area contributed by atoms with Crippen molar-refractivity contribution in [2.45, 2.75) is 25.2 Å². The summed E-state index contributed by atoms with van der Waals surface area (Å²) in [6.07, 6.45) is 1.39. The molecule has 2 N–H and O–H groups in total. The summed E-state index contributed by atoms with van der Waals surface area (Å²) in [5, 5.41) is 3.22. The molecule has 0 aliphatic heterocycles. The Morgan fingerprint density at radius 3 is 2.41 bits per heavy atom. The average Bonchev–Trinajstić information content (AvgIpc) is 3.09. The predicted octanol–water partition coefficient (Wildman–Crippen LogP) is 3.96. The molecule has 0 spiro atoms. The number of fused-ring (bicyclic) bond motifs is 1. The lowest BCUT2D eigenvalue weighted by atomic mass is 10.1. The number of rotatable bonds is 6. The fraction of sp³-hybridized carbons (Fsp3) is 0.136. The van der Waals surface area contributed by atoms with Crippen LogP contribution in [0.25, 0.3) is 11.0 Å². The minimum Gasteiger partial charge on any atom is -0.464 e. The van der Waals surface area contributed by atoms with Crippen LogP contribution in [0.4, 0.5) is 16.0 Å². The van der Waals surface area contributed by atoms with E-state index in [1.54, 1.807) is 19.9 Å². The number of benzene rings is 2. The lowest BCUT2D eigenvalue weighted by Gasteiger charge is -2.09. The van der Waals surface area contributed by atoms with Crippen molar-refractivity contribution in [3.63, 3.8) is 0 Å². The first-order chi connectivity index (χ1) is 15.2. The van der Waals surface area contributed by atoms with Crippen LogP contribution in [0.3, 0.4) is 0 Å². The van der Waals surface area contributed by atoms with Gasteiger partial charge in [-0.25, -0.2) is 27.5 Å². The molecule has 2 aromatic heterocycles. The maximum atomic E-state index is 13.5. The lowest BCUT2D eigenvalue weighted by Crippen LogP contribution is -2.16. The van der Waals surface area contributed by atoms with E-state index < -0.39 is 15.8 Å². The number of nitrogens with zero attached hydrogens (tertiary/aromatic N) is 2. The first-order valence-electron chi connectivity index (χ1n) is 9.60. The third-order valence-corrected chi connectivity index (χ3v) is 5.97. The first-order valence-corrected chi connectivity index (χ1v) is 11.1. The van der Waals surface area contributed by atoms with Gasteiger partial charge >= 0.3 is 0 Å². The second kappa shape index (κ2) is 8.39. The molecule has 32 heavy (non-hydrogen) atoms. The fourth-order valence-electron chi connectivity index (χ4n) is 3.24. The highest BCUT2D eigenvalue weighted by atomic mass is 32.2. The monoisotopic (exact) mass is 454 g/mol. The Kier molecular flexibility index (Phi) is 5.62. The molecule has 1 amide bonds. The van der Waals surface area contributed by atoms with E-state index in [-0.39, 0.29) is 23.2 Å². The molecule has 2 aromatic carbocycles. The number of anilines is 2. The highest BCUT2D eigenvalue weighted by Gasteiger charge is 2.17. The van der Waals surface area contributed by atoms with Gasteiger partial charge in [-0.2, -0.15) is 0 Å². The molecule has 0 atom stereocenters. The standard InChI is InChI=1S/C22H19FN4O4S/c1-13-9-14(2)25-22(24-13)27-32(29,30)18-6-4-17(5-7-18)26-21(28)10-15-12-31-20-8-3-16(23)11-19(15)20/h3-9,11-12H,10H2,1-2H3,(H,26,28)(H,24,25,27). The quantitative estimate of drug-likeness (QED) is 0.456. The minimum atomic E-state index is -3.90. The topological polar surface area (TPSA) is 114 Å². The van der Waals surface area contributed by atoms with Crippen LogP contribution in [0.15, 0.2) is 64.1 Å². The molecule has 0 unspecified atom stereocenters. The Balaban J connectivity index is 1.44. The fourth-order valence-corrected chi connectivity index (χ4v) is 4.18. The Morgan fingerprint density at radius 2 is 1.72 bits per heavy atom. The van der Waals surface area contributed by atoms with Gasteiger partial charge in [-0.15, -0.1) is 0 Å². The van der Waals surface area contributed by atoms with Crippen LogP contribution >= 0.6 is 0 Å². The number of aryl methyl sites for hydroxylation is 2. The average molecular weight is 454 g/mol. The van der Waals surface area contributed by atoms with Gasteiger partial charge in [-0.05, 0) is 62.4 Å². The Morgan fingerprint density at radius 1 is 1.03 bits per heavy atom. The third kappa shape index (κ3) is 4.75. The van der Waals surface area contributed by atoms with Crippen molar-refractivity contribution in [2.24, 2.45) is 0 Å². The summed E-state index contributed by atoms with van der Waals surface area (Å²) >= 11 is 0. The van der Waals surface area contributed by atoms with E-state index in [9.17, 15) is 17.6 Å². The summed E-state index contributed by atoms with van der Waals surface area (Å²) < 4.78 is 46.4. The Labute approximate surface area is 183 Å². The van der Waals surface area contributed by atoms with Crippen molar-refractivity contribution in [2.75, 3.05) is 10.0 Å². The van der Waals surface area contributed by atoms with Gasteiger partial charge in [0.1, 0.15) is 11.4 Å². The largest absolute Gasteiger partial charge is 0.464 e. The number of sulfonamides is 1. The SMILES string of the molecule is Cc1cc(C)nc(NS(=O)(=O)c2ccc(NC(=O)Cc3coc4ccc(F)cc34)cc2)n1. The van der Waals surface area contributed by atoms with Crippen molar-refractivity contribution in [3.8, 4) is 0 Å². The van der Waals surface area contributed by atoms with Crippen LogP contribution in [0.2, 0.25) is 0 Å². The molecule has 10 heteroatoms. The number of carbonyl (C=O) groups is 1. The molecule has 4 rings (SSSR count). The van der Waals surface area contributed by atoms with Crippen molar-refractivity contribution < 1.29 is 22.0 Å². The van der Waals surface area contributed by atoms with Crippen LogP contribution < -0.4 is 10.0 Å². The number of hydrogen-bond acceptors (Lipinski definition) is 6. The van der Waals surface area contributed by atoms with Gasteiger partial charge in [0.15, 0.2) is 0 Å². The smallest absolute Gasteiger partial charge is 0.264 e. The van der Waals surface area contributed by atoms with Crippen LogP contribution in [0.1, 0.15) is 17.0 Å². The van der Waals surface area contributed by atoms with Crippen LogP contribution in [0, 0.1) is 19.7 Å². The van der Waals surface area contributed by atoms with Crippen molar-refractivity contribution >= 4 is 38.5 Å². The number of hydrogen-bond donors (Lipinski definition) is 2. The normalized spacial score (nSPS) is 11.5. The molecule has 0 saturated heterocycles. The third-order valence-electron chi connectivity index (χ3n) is 4.62. The molecule has 0 aliphatic carbocycles. The molecular formula is C22H19FN4O4S. The van der Waals surface area contributed by atoms with Crippen molar-refractivity contribution in [3.05, 3.63) is 77.6 Å². The van der Waals surface area contributed by atoms with Gasteiger partial charge in [0.25, 0.3) is 10.0 Å². The van der Waals surface area contributed by atoms with Gasteiger partial charge < -0.3 is 9.73 Å². The van der Waals surface area contributed by atoms with Gasteiger partial charge in [-0.3, -0.25) is 4.79 Å². The van der Waals surface area contributed by atoms with Gasteiger partial charge in [0, 0.05) is 28.0 Å². The molecule has 0 saturated carbocycles. The maximum Gasteiger partial charge on any atom is 0.264 e. The summed E-state index contributed by atoms with van der Waals surface area (Å²) in [5.74, 6) is -0.782. The molecular weight excluding hydrogens is 435 g/mol. The summed E-state index contributed by atoms with van der Waals surface area (Å²) in [7, 11) is -3.90. The molecule has 0 fully saturated rings. The summed E-state index contributed by atoms with van der Waals surface area (Å²) in [5.41, 5.74) is 2.73. The zero-order valence-corrected chi connectivity index (χ0v) is 18.0. The second-order valence-electron chi connectivity index (χ2n) is 7.23. The van der Waals surface area contributed by atoms with Gasteiger partial charge in [-0.1, -0.05) is 0 Å². The molecule has 0 bridgehead atoms. The first kappa shape index (κ1) is 21.4. The zero-order valence-electron chi connectivity index (χ0n) is 17.2. The highest BCUT2D eigenvalue weighted by Crippen LogP contribution is 2.23. The van der Waals surface area contributed by atoms with E-state index in [4.69, 9.17) is 4.42 Å². The Bertz CT molecular complexity index is 1400. The van der Waals surface area contributed by atoms with E-state index in [0.29, 0.717) is 33.6 Å². The van der Waals surface area contributed by atoms with E-state index in [0.717, 1.165) is 0 Å². The summed E-state index contributed by atoms with van der Waals surface area (Å²) in [4.78, 5) is 20.5. The number of nitrogens with one attached hydrogen (secondary N) is 2. The number of aromatic nitrogens is 2. The van der Waals surface area contributed by atoms with Gasteiger partial charge in [0.05, 0.1) is 17.6 Å². The highest BCUT2D eigenvalue weighted by molar-refractivity contribution is 7.92. The van der Waals surface area contributed by atoms with Crippen LogP contribution in [-0.2, 0) is 21.2 Å². The number of amides is 1. The minimum absolute atomic E-state index is 0.00504. The Hall–Kier alpha value is -3.79. The second-order valence-corrected chi connectivity index (χ2v) is 8.91. The van der Waals surface area contributed by atoms with E-state index >= 15 is 0 Å². The molecule has 8 nitrogen and oxygen atoms in total. The molecule has 4 aromatic rings. The predicted molar refractivity (Wildman–Crippen MR) is 117 cm³/mol. The number of halogens is 1. The zero-order chi connectivity index (χ0) is 22.9. The summed E-state index contributed by atoms with van der Waals surface area (Å²) in [6.45, 7) is 3.49. The molecule has 0 aliphatic rings. The summed E-state index contributed by atoms with van der Waals surface area (Å²) in [6, 6.07) is 11.5. The van der Waals surface area contributed by atoms with Crippen molar-refractivity contribution in [1.82, 2.24) is 9.97 Å². The van der Waals surface area contributed by atoms with Crippen molar-refractivity contribution in [1.29, 1.82) is 0 Å². The van der Waals surface area contributed by atoms with E-state index in [1.807, 2.05) is 0 Å². The van der Waals surface area contributed by atoms with E-state index in [2.05, 4.69) is 20.0 Å². The lowest BCUT2D eigenvalue weighted by molar-refractivity contribution is -0.115.